The molecular weight excluding hydrogens is 350 g/mol. The molecule has 0 spiro atoms. The summed E-state index contributed by atoms with van der Waals surface area (Å²) in [6.45, 7) is 5.08. The van der Waals surface area contributed by atoms with Gasteiger partial charge in [-0.15, -0.1) is 0 Å². The molecule has 0 saturated heterocycles. The minimum absolute atomic E-state index is 0.118. The van der Waals surface area contributed by atoms with Gasteiger partial charge < -0.3 is 10.1 Å². The Hall–Kier alpha value is -1.03. The van der Waals surface area contributed by atoms with Crippen molar-refractivity contribution in [2.45, 2.75) is 25.9 Å². The Labute approximate surface area is 139 Å². The molecule has 2 nitrogen and oxygen atoms in total. The summed E-state index contributed by atoms with van der Waals surface area (Å²) in [5.74, 6) is 0.701. The molecule has 0 aliphatic heterocycles. The lowest BCUT2D eigenvalue weighted by molar-refractivity contribution is 0.400. The van der Waals surface area contributed by atoms with E-state index in [0.29, 0.717) is 10.8 Å². The molecule has 2 rings (SSSR count). The van der Waals surface area contributed by atoms with Crippen LogP contribution >= 0.6 is 27.5 Å². The van der Waals surface area contributed by atoms with E-state index in [0.717, 1.165) is 16.6 Å². The molecule has 0 aromatic heterocycles. The molecule has 0 aliphatic rings. The van der Waals surface area contributed by atoms with Gasteiger partial charge in [-0.05, 0) is 49.2 Å². The van der Waals surface area contributed by atoms with E-state index in [1.807, 2.05) is 18.2 Å². The van der Waals surface area contributed by atoms with Crippen LogP contribution in [0.5, 0.6) is 5.75 Å². The molecule has 0 amide bonds. The Morgan fingerprint density at radius 2 is 1.81 bits per heavy atom. The van der Waals surface area contributed by atoms with Crippen LogP contribution in [0.3, 0.4) is 0 Å². The zero-order valence-electron chi connectivity index (χ0n) is 12.4. The lowest BCUT2D eigenvalue weighted by Crippen LogP contribution is -2.35. The van der Waals surface area contributed by atoms with Crippen molar-refractivity contribution in [2.75, 3.05) is 7.11 Å². The van der Waals surface area contributed by atoms with Crippen molar-refractivity contribution >= 4 is 27.5 Å². The van der Waals surface area contributed by atoms with Crippen LogP contribution in [0.4, 0.5) is 0 Å². The van der Waals surface area contributed by atoms with Gasteiger partial charge in [0.2, 0.25) is 0 Å². The van der Waals surface area contributed by atoms with Crippen LogP contribution in [0.2, 0.25) is 5.02 Å². The van der Waals surface area contributed by atoms with Gasteiger partial charge in [0.25, 0.3) is 0 Å². The minimum Gasteiger partial charge on any atom is -0.495 e. The van der Waals surface area contributed by atoms with Crippen LogP contribution in [0.1, 0.15) is 25.0 Å². The molecule has 2 aromatic rings. The molecule has 0 radical (unpaired) electrons. The molecule has 0 aliphatic carbocycles. The van der Waals surface area contributed by atoms with Gasteiger partial charge in [-0.3, -0.25) is 0 Å². The smallest absolute Gasteiger partial charge is 0.137 e. The Bertz CT molecular complexity index is 611. The zero-order chi connectivity index (χ0) is 15.5. The van der Waals surface area contributed by atoms with Crippen molar-refractivity contribution in [2.24, 2.45) is 0 Å². The molecule has 0 bridgehead atoms. The van der Waals surface area contributed by atoms with Gasteiger partial charge in [0.15, 0.2) is 0 Å². The van der Waals surface area contributed by atoms with E-state index in [4.69, 9.17) is 16.3 Å². The first-order chi connectivity index (χ1) is 9.92. The van der Waals surface area contributed by atoms with E-state index < -0.39 is 0 Å². The molecule has 0 saturated carbocycles. The van der Waals surface area contributed by atoms with Gasteiger partial charge >= 0.3 is 0 Å². The highest BCUT2D eigenvalue weighted by atomic mass is 79.9. The number of benzene rings is 2. The van der Waals surface area contributed by atoms with Gasteiger partial charge in [-0.25, -0.2) is 0 Å². The fourth-order valence-electron chi connectivity index (χ4n) is 2.11. The summed E-state index contributed by atoms with van der Waals surface area (Å²) in [4.78, 5) is 0. The first kappa shape index (κ1) is 16.3. The number of hydrogen-bond acceptors (Lipinski definition) is 2. The predicted octanol–water partition coefficient (Wildman–Crippen LogP) is 5.14. The molecule has 2 aromatic carbocycles. The molecule has 4 heteroatoms. The number of rotatable bonds is 5. The third-order valence-electron chi connectivity index (χ3n) is 3.52. The normalized spacial score (nSPS) is 11.5. The highest BCUT2D eigenvalue weighted by molar-refractivity contribution is 9.10. The first-order valence-corrected chi connectivity index (χ1v) is 7.93. The topological polar surface area (TPSA) is 21.3 Å². The number of methoxy groups -OCH3 is 1. The highest BCUT2D eigenvalue weighted by Crippen LogP contribution is 2.26. The molecule has 0 unspecified atom stereocenters. The maximum Gasteiger partial charge on any atom is 0.137 e. The van der Waals surface area contributed by atoms with Gasteiger partial charge in [-0.2, -0.15) is 0 Å². The quantitative estimate of drug-likeness (QED) is 0.789. The first-order valence-electron chi connectivity index (χ1n) is 6.76. The van der Waals surface area contributed by atoms with Gasteiger partial charge in [0.05, 0.1) is 12.1 Å². The van der Waals surface area contributed by atoms with Crippen molar-refractivity contribution < 1.29 is 4.74 Å². The minimum atomic E-state index is -0.118. The maximum atomic E-state index is 6.16. The highest BCUT2D eigenvalue weighted by Gasteiger charge is 2.19. The third-order valence-corrected chi connectivity index (χ3v) is 4.34. The SMILES string of the molecule is COc1ccc(CNC(C)(C)c2ccc(Br)cc2)cc1Cl. The second-order valence-corrected chi connectivity index (χ2v) is 6.78. The fourth-order valence-corrected chi connectivity index (χ4v) is 2.66. The molecular formula is C17H19BrClNO. The van der Waals surface area contributed by atoms with Gasteiger partial charge in [-0.1, -0.05) is 45.7 Å². The van der Waals surface area contributed by atoms with Crippen molar-refractivity contribution in [1.29, 1.82) is 0 Å². The van der Waals surface area contributed by atoms with Crippen LogP contribution in [0.25, 0.3) is 0 Å². The summed E-state index contributed by atoms with van der Waals surface area (Å²) in [6.07, 6.45) is 0. The van der Waals surface area contributed by atoms with E-state index in [1.54, 1.807) is 7.11 Å². The van der Waals surface area contributed by atoms with Crippen molar-refractivity contribution in [3.05, 3.63) is 63.1 Å². The lowest BCUT2D eigenvalue weighted by Gasteiger charge is -2.27. The van der Waals surface area contributed by atoms with Crippen molar-refractivity contribution in [3.63, 3.8) is 0 Å². The van der Waals surface area contributed by atoms with Crippen LogP contribution in [-0.2, 0) is 12.1 Å². The summed E-state index contributed by atoms with van der Waals surface area (Å²) in [6, 6.07) is 14.2. The van der Waals surface area contributed by atoms with E-state index in [9.17, 15) is 0 Å². The van der Waals surface area contributed by atoms with E-state index >= 15 is 0 Å². The number of ether oxygens (including phenoxy) is 1. The van der Waals surface area contributed by atoms with Crippen LogP contribution in [0, 0.1) is 0 Å². The van der Waals surface area contributed by atoms with Crippen LogP contribution in [0.15, 0.2) is 46.9 Å². The largest absolute Gasteiger partial charge is 0.495 e. The van der Waals surface area contributed by atoms with Crippen molar-refractivity contribution in [1.82, 2.24) is 5.32 Å². The molecule has 0 atom stereocenters. The Morgan fingerprint density at radius 1 is 1.14 bits per heavy atom. The van der Waals surface area contributed by atoms with E-state index in [-0.39, 0.29) is 5.54 Å². The summed E-state index contributed by atoms with van der Waals surface area (Å²) in [5.41, 5.74) is 2.25. The standard InChI is InChI=1S/C17H19BrClNO/c1-17(2,13-5-7-14(18)8-6-13)20-11-12-4-9-16(21-3)15(19)10-12/h4-10,20H,11H2,1-3H3. The van der Waals surface area contributed by atoms with E-state index in [1.165, 1.54) is 5.56 Å². The predicted molar refractivity (Wildman–Crippen MR) is 92.0 cm³/mol. The average molecular weight is 369 g/mol. The Kier molecular flexibility index (Phi) is 5.31. The number of hydrogen-bond donors (Lipinski definition) is 1. The number of nitrogens with one attached hydrogen (secondary N) is 1. The second-order valence-electron chi connectivity index (χ2n) is 5.45. The van der Waals surface area contributed by atoms with E-state index in [2.05, 4.69) is 59.4 Å². The maximum absolute atomic E-state index is 6.16. The summed E-state index contributed by atoms with van der Waals surface area (Å²) >= 11 is 9.62. The molecule has 0 fully saturated rings. The zero-order valence-corrected chi connectivity index (χ0v) is 14.8. The van der Waals surface area contributed by atoms with Gasteiger partial charge in [0.1, 0.15) is 5.75 Å². The number of halogens is 2. The average Bonchev–Trinajstić information content (AvgIpc) is 2.46. The lowest BCUT2D eigenvalue weighted by atomic mass is 9.94. The summed E-state index contributed by atoms with van der Waals surface area (Å²) in [7, 11) is 1.62. The van der Waals surface area contributed by atoms with Crippen LogP contribution < -0.4 is 10.1 Å². The summed E-state index contributed by atoms with van der Waals surface area (Å²) < 4.78 is 6.26. The third kappa shape index (κ3) is 4.22. The molecule has 0 heterocycles. The molecule has 21 heavy (non-hydrogen) atoms. The Morgan fingerprint density at radius 3 is 2.38 bits per heavy atom. The monoisotopic (exact) mass is 367 g/mol. The Balaban J connectivity index is 2.07. The summed E-state index contributed by atoms with van der Waals surface area (Å²) in [5, 5.41) is 4.20. The van der Waals surface area contributed by atoms with Crippen molar-refractivity contribution in [3.8, 4) is 5.75 Å². The molecule has 112 valence electrons. The molecule has 1 N–H and O–H groups in total. The second kappa shape index (κ2) is 6.82. The van der Waals surface area contributed by atoms with Crippen LogP contribution in [-0.4, -0.2) is 7.11 Å². The fraction of sp³-hybridized carbons (Fsp3) is 0.294. The van der Waals surface area contributed by atoms with Gasteiger partial charge in [0, 0.05) is 16.6 Å².